The van der Waals surface area contributed by atoms with E-state index < -0.39 is 9.84 Å². The topological polar surface area (TPSA) is 58.4 Å². The van der Waals surface area contributed by atoms with Gasteiger partial charge in [0.05, 0.1) is 24.2 Å². The molecule has 7 heteroatoms. The second kappa shape index (κ2) is 10.6. The van der Waals surface area contributed by atoms with Crippen LogP contribution < -0.4 is 0 Å². The maximum atomic E-state index is 13.0. The van der Waals surface area contributed by atoms with Crippen molar-refractivity contribution >= 4 is 9.84 Å². The van der Waals surface area contributed by atoms with E-state index in [0.29, 0.717) is 13.1 Å². The van der Waals surface area contributed by atoms with Gasteiger partial charge < -0.3 is 9.47 Å². The minimum Gasteiger partial charge on any atom is -0.313 e. The zero-order chi connectivity index (χ0) is 21.6. The van der Waals surface area contributed by atoms with Gasteiger partial charge in [0.1, 0.15) is 0 Å². The summed E-state index contributed by atoms with van der Waals surface area (Å²) in [5, 5.41) is 0.194. The van der Waals surface area contributed by atoms with Crippen molar-refractivity contribution in [2.75, 3.05) is 39.0 Å². The van der Waals surface area contributed by atoms with Crippen molar-refractivity contribution in [2.24, 2.45) is 5.92 Å². The van der Waals surface area contributed by atoms with Gasteiger partial charge in [0.25, 0.3) is 0 Å². The molecule has 0 amide bonds. The van der Waals surface area contributed by atoms with Gasteiger partial charge in [-0.05, 0) is 44.5 Å². The maximum absolute atomic E-state index is 13.0. The van der Waals surface area contributed by atoms with E-state index >= 15 is 0 Å². The normalized spacial score (nSPS) is 15.9. The zero-order valence-corrected chi connectivity index (χ0v) is 19.4. The number of rotatable bonds is 10. The Morgan fingerprint density at radius 2 is 1.80 bits per heavy atom. The Hall–Kier alpha value is -1.70. The first-order valence-electron chi connectivity index (χ1n) is 11.1. The monoisotopic (exact) mass is 432 g/mol. The number of hydrogen-bond donors (Lipinski definition) is 0. The van der Waals surface area contributed by atoms with E-state index in [1.807, 2.05) is 48.7 Å². The van der Waals surface area contributed by atoms with Crippen LogP contribution in [-0.4, -0.2) is 66.7 Å². The first-order chi connectivity index (χ1) is 14.3. The van der Waals surface area contributed by atoms with Crippen LogP contribution in [0.2, 0.25) is 0 Å². The Morgan fingerprint density at radius 1 is 1.10 bits per heavy atom. The van der Waals surface area contributed by atoms with Crippen LogP contribution in [0.25, 0.3) is 0 Å². The molecule has 0 unspecified atom stereocenters. The lowest BCUT2D eigenvalue weighted by atomic mass is 10.1. The standard InChI is InChI=1S/C23H36N4O2S/c1-20(2)19-30(28,29)23-24-16-22(27(23)17-21-10-6-4-7-11-21)18-25(3)14-15-26-12-8-5-9-13-26/h4,6-7,10-11,16,20H,5,8-9,12-15,17-19H2,1-3H3. The number of piperidine rings is 1. The van der Waals surface area contributed by atoms with Gasteiger partial charge in [0.15, 0.2) is 0 Å². The molecule has 2 aromatic rings. The predicted molar refractivity (Wildman–Crippen MR) is 121 cm³/mol. The van der Waals surface area contributed by atoms with Crippen LogP contribution in [0.15, 0.2) is 41.7 Å². The second-order valence-electron chi connectivity index (χ2n) is 8.92. The molecule has 166 valence electrons. The SMILES string of the molecule is CC(C)CS(=O)(=O)c1ncc(CN(C)CCN2CCCCC2)n1Cc1ccccc1. The first kappa shape index (κ1) is 23.0. The summed E-state index contributed by atoms with van der Waals surface area (Å²) in [7, 11) is -1.33. The van der Waals surface area contributed by atoms with Crippen molar-refractivity contribution in [3.8, 4) is 0 Å². The Balaban J connectivity index is 1.77. The third kappa shape index (κ3) is 6.40. The lowest BCUT2D eigenvalue weighted by Gasteiger charge is -2.28. The maximum Gasteiger partial charge on any atom is 0.228 e. The molecule has 0 spiro atoms. The molecule has 30 heavy (non-hydrogen) atoms. The Morgan fingerprint density at radius 3 is 2.47 bits per heavy atom. The zero-order valence-electron chi connectivity index (χ0n) is 18.6. The van der Waals surface area contributed by atoms with Crippen LogP contribution in [0.1, 0.15) is 44.4 Å². The number of sulfone groups is 1. The molecule has 1 saturated heterocycles. The lowest BCUT2D eigenvalue weighted by Crippen LogP contribution is -2.36. The first-order valence-corrected chi connectivity index (χ1v) is 12.7. The van der Waals surface area contributed by atoms with E-state index in [1.165, 1.54) is 32.4 Å². The van der Waals surface area contributed by atoms with Gasteiger partial charge in [-0.2, -0.15) is 0 Å². The Bertz CT molecular complexity index is 887. The van der Waals surface area contributed by atoms with Gasteiger partial charge >= 0.3 is 0 Å². The molecule has 1 aliphatic rings. The van der Waals surface area contributed by atoms with E-state index in [0.717, 1.165) is 24.3 Å². The van der Waals surface area contributed by atoms with Crippen molar-refractivity contribution in [2.45, 2.75) is 51.4 Å². The summed E-state index contributed by atoms with van der Waals surface area (Å²) in [5.74, 6) is 0.177. The van der Waals surface area contributed by atoms with Crippen LogP contribution in [0.4, 0.5) is 0 Å². The van der Waals surface area contributed by atoms with Crippen LogP contribution in [0.3, 0.4) is 0 Å². The summed E-state index contributed by atoms with van der Waals surface area (Å²) in [5.41, 5.74) is 2.02. The molecule has 0 saturated carbocycles. The fraction of sp³-hybridized carbons (Fsp3) is 0.609. The molecule has 0 aliphatic carbocycles. The van der Waals surface area contributed by atoms with Crippen molar-refractivity contribution in [1.29, 1.82) is 0 Å². The average Bonchev–Trinajstić information content (AvgIpc) is 3.10. The number of likely N-dealkylation sites (tertiary alicyclic amines) is 1. The molecular weight excluding hydrogens is 396 g/mol. The van der Waals surface area contributed by atoms with E-state index in [4.69, 9.17) is 0 Å². The Labute approximate surface area is 181 Å². The minimum absolute atomic E-state index is 0.0625. The van der Waals surface area contributed by atoms with Crippen LogP contribution in [0, 0.1) is 5.92 Å². The van der Waals surface area contributed by atoms with Gasteiger partial charge in [-0.1, -0.05) is 50.6 Å². The molecule has 1 fully saturated rings. The summed E-state index contributed by atoms with van der Waals surface area (Å²) in [6, 6.07) is 10.0. The number of imidazole rings is 1. The summed E-state index contributed by atoms with van der Waals surface area (Å²) in [4.78, 5) is 9.18. The van der Waals surface area contributed by atoms with E-state index in [1.54, 1.807) is 6.20 Å². The minimum atomic E-state index is -3.43. The highest BCUT2D eigenvalue weighted by molar-refractivity contribution is 7.91. The molecule has 0 atom stereocenters. The van der Waals surface area contributed by atoms with Gasteiger partial charge in [0.2, 0.25) is 15.0 Å². The summed E-state index contributed by atoms with van der Waals surface area (Å²) in [6.45, 7) is 9.46. The summed E-state index contributed by atoms with van der Waals surface area (Å²) < 4.78 is 27.9. The number of nitrogens with zero attached hydrogens (tertiary/aromatic N) is 4. The molecule has 3 rings (SSSR count). The van der Waals surface area contributed by atoms with Gasteiger partial charge in [-0.15, -0.1) is 0 Å². The van der Waals surface area contributed by atoms with Crippen molar-refractivity contribution in [1.82, 2.24) is 19.4 Å². The van der Waals surface area contributed by atoms with E-state index in [-0.39, 0.29) is 16.8 Å². The van der Waals surface area contributed by atoms with Crippen molar-refractivity contribution in [3.63, 3.8) is 0 Å². The fourth-order valence-corrected chi connectivity index (χ4v) is 5.82. The van der Waals surface area contributed by atoms with Gasteiger partial charge in [-0.3, -0.25) is 4.90 Å². The number of likely N-dealkylation sites (N-methyl/N-ethyl adjacent to an activating group) is 1. The van der Waals surface area contributed by atoms with Gasteiger partial charge in [-0.25, -0.2) is 13.4 Å². The number of hydrogen-bond acceptors (Lipinski definition) is 5. The number of aromatic nitrogens is 2. The molecule has 1 aromatic carbocycles. The number of benzene rings is 1. The smallest absolute Gasteiger partial charge is 0.228 e. The largest absolute Gasteiger partial charge is 0.313 e. The highest BCUT2D eigenvalue weighted by Crippen LogP contribution is 2.19. The highest BCUT2D eigenvalue weighted by Gasteiger charge is 2.25. The molecule has 2 heterocycles. The Kier molecular flexibility index (Phi) is 8.08. The molecule has 0 radical (unpaired) electrons. The average molecular weight is 433 g/mol. The van der Waals surface area contributed by atoms with Crippen LogP contribution >= 0.6 is 0 Å². The summed E-state index contributed by atoms with van der Waals surface area (Å²) >= 11 is 0. The van der Waals surface area contributed by atoms with Gasteiger partial charge in [0, 0.05) is 19.6 Å². The lowest BCUT2D eigenvalue weighted by molar-refractivity contribution is 0.192. The molecule has 6 nitrogen and oxygen atoms in total. The third-order valence-electron chi connectivity index (χ3n) is 5.59. The van der Waals surface area contributed by atoms with E-state index in [9.17, 15) is 8.42 Å². The highest BCUT2D eigenvalue weighted by atomic mass is 32.2. The predicted octanol–water partition coefficient (Wildman–Crippen LogP) is 3.28. The van der Waals surface area contributed by atoms with Crippen molar-refractivity contribution in [3.05, 3.63) is 47.8 Å². The molecular formula is C23H36N4O2S. The third-order valence-corrected chi connectivity index (χ3v) is 7.58. The fourth-order valence-electron chi connectivity index (χ4n) is 4.07. The van der Waals surface area contributed by atoms with Crippen LogP contribution in [-0.2, 0) is 22.9 Å². The van der Waals surface area contributed by atoms with Crippen LogP contribution in [0.5, 0.6) is 0 Å². The van der Waals surface area contributed by atoms with Crippen molar-refractivity contribution < 1.29 is 8.42 Å². The molecule has 0 N–H and O–H groups in total. The molecule has 1 aliphatic heterocycles. The summed E-state index contributed by atoms with van der Waals surface area (Å²) in [6.07, 6.45) is 5.68. The quantitative estimate of drug-likeness (QED) is 0.577. The molecule has 1 aromatic heterocycles. The van der Waals surface area contributed by atoms with E-state index in [2.05, 4.69) is 21.8 Å². The second-order valence-corrected chi connectivity index (χ2v) is 10.8. The molecule has 0 bridgehead atoms.